The third kappa shape index (κ3) is 4.73. The number of Topliss-reactive ketones (excluding diaryl/α,β-unsaturated/α-hetero) is 1. The molecule has 0 spiro atoms. The number of carbonyl (C=O) groups excluding carboxylic acids is 2. The van der Waals surface area contributed by atoms with Gasteiger partial charge in [0.05, 0.1) is 23.8 Å². The van der Waals surface area contributed by atoms with E-state index in [1.54, 1.807) is 12.1 Å². The van der Waals surface area contributed by atoms with Gasteiger partial charge in [-0.2, -0.15) is 0 Å². The minimum atomic E-state index is -0.785. The molecule has 1 unspecified atom stereocenters. The number of nitrogens with zero attached hydrogens (tertiary/aromatic N) is 3. The van der Waals surface area contributed by atoms with Crippen molar-refractivity contribution in [3.05, 3.63) is 89.0 Å². The second kappa shape index (κ2) is 9.80. The normalized spacial score (nSPS) is 18.7. The highest BCUT2D eigenvalue weighted by molar-refractivity contribution is 6.51. The maximum absolute atomic E-state index is 13.6. The molecule has 7 nitrogen and oxygen atoms in total. The molecule has 1 amide bonds. The molecule has 2 aliphatic rings. The number of ketones is 1. The van der Waals surface area contributed by atoms with E-state index in [1.165, 1.54) is 4.90 Å². The summed E-state index contributed by atoms with van der Waals surface area (Å²) in [6, 6.07) is 20.0. The van der Waals surface area contributed by atoms with Gasteiger partial charge in [-0.15, -0.1) is 0 Å². The van der Waals surface area contributed by atoms with Crippen LogP contribution in [0.1, 0.15) is 43.5 Å². The molecule has 5 rings (SSSR count). The molecule has 0 aromatic heterocycles. The summed E-state index contributed by atoms with van der Waals surface area (Å²) in [5, 5.41) is 11.6. The lowest BCUT2D eigenvalue weighted by atomic mass is 9.87. The Morgan fingerprint density at radius 3 is 2.26 bits per heavy atom. The van der Waals surface area contributed by atoms with Gasteiger partial charge in [0.2, 0.25) is 0 Å². The second-order valence-electron chi connectivity index (χ2n) is 11.4. The van der Waals surface area contributed by atoms with Gasteiger partial charge in [0.25, 0.3) is 11.7 Å². The summed E-state index contributed by atoms with van der Waals surface area (Å²) in [5.41, 5.74) is 4.74. The predicted molar refractivity (Wildman–Crippen MR) is 156 cm³/mol. The van der Waals surface area contributed by atoms with Gasteiger partial charge in [-0.1, -0.05) is 45.0 Å². The van der Waals surface area contributed by atoms with Crippen molar-refractivity contribution in [1.29, 1.82) is 0 Å². The zero-order valence-electron chi connectivity index (χ0n) is 23.4. The standard InChI is InChI=1S/C32H35N3O4/c1-32(2,3)22-10-14-24(15-11-22)35-28(20-7-12-23(13-8-20)33(4)5)27(30(37)31(35)38)29(36)21-9-16-26-25(19-21)34(6)17-18-39-26/h7-16,19,28,36H,17-18H2,1-6H3/b29-27-. The average Bonchev–Trinajstić information content (AvgIpc) is 3.18. The van der Waals surface area contributed by atoms with Crippen LogP contribution < -0.4 is 19.4 Å². The number of aliphatic hydroxyl groups is 1. The van der Waals surface area contributed by atoms with Crippen LogP contribution in [0.4, 0.5) is 17.1 Å². The Morgan fingerprint density at radius 2 is 1.64 bits per heavy atom. The first-order chi connectivity index (χ1) is 18.5. The number of rotatable bonds is 4. The number of amides is 1. The molecule has 39 heavy (non-hydrogen) atoms. The molecule has 1 atom stereocenters. The SMILES string of the molecule is CN(C)c1ccc(C2/C(=C(/O)c3ccc4c(c3)N(C)CCO4)C(=O)C(=O)N2c2ccc(C(C)(C)C)cc2)cc1. The highest BCUT2D eigenvalue weighted by Gasteiger charge is 2.47. The predicted octanol–water partition coefficient (Wildman–Crippen LogP) is 5.51. The maximum atomic E-state index is 13.6. The molecule has 1 saturated heterocycles. The van der Waals surface area contributed by atoms with Gasteiger partial charge in [-0.25, -0.2) is 0 Å². The van der Waals surface area contributed by atoms with Gasteiger partial charge in [0, 0.05) is 38.1 Å². The van der Waals surface area contributed by atoms with Crippen molar-refractivity contribution in [3.63, 3.8) is 0 Å². The van der Waals surface area contributed by atoms with E-state index in [4.69, 9.17) is 4.74 Å². The molecule has 1 N–H and O–H groups in total. The second-order valence-corrected chi connectivity index (χ2v) is 11.4. The molecule has 202 valence electrons. The molecule has 0 saturated carbocycles. The van der Waals surface area contributed by atoms with Crippen LogP contribution in [0, 0.1) is 0 Å². The molecule has 7 heteroatoms. The Morgan fingerprint density at radius 1 is 0.974 bits per heavy atom. The van der Waals surface area contributed by atoms with Crippen LogP contribution in [0.5, 0.6) is 5.75 Å². The Labute approximate surface area is 229 Å². The number of likely N-dealkylation sites (N-methyl/N-ethyl adjacent to an activating group) is 1. The smallest absolute Gasteiger partial charge is 0.300 e. The van der Waals surface area contributed by atoms with Gasteiger partial charge in [0.1, 0.15) is 18.1 Å². The summed E-state index contributed by atoms with van der Waals surface area (Å²) >= 11 is 0. The van der Waals surface area contributed by atoms with Crippen LogP contribution in [0.15, 0.2) is 72.3 Å². The van der Waals surface area contributed by atoms with Gasteiger partial charge in [-0.3, -0.25) is 14.5 Å². The molecule has 3 aromatic carbocycles. The fourth-order valence-electron chi connectivity index (χ4n) is 5.14. The number of hydrogen-bond acceptors (Lipinski definition) is 6. The highest BCUT2D eigenvalue weighted by Crippen LogP contribution is 2.44. The Bertz CT molecular complexity index is 1450. The number of fused-ring (bicyclic) bond motifs is 1. The first-order valence-corrected chi connectivity index (χ1v) is 13.1. The largest absolute Gasteiger partial charge is 0.507 e. The van der Waals surface area contributed by atoms with E-state index in [-0.39, 0.29) is 16.7 Å². The summed E-state index contributed by atoms with van der Waals surface area (Å²) in [7, 11) is 5.86. The van der Waals surface area contributed by atoms with E-state index >= 15 is 0 Å². The van der Waals surface area contributed by atoms with Crippen LogP contribution in [0.3, 0.4) is 0 Å². The van der Waals surface area contributed by atoms with Gasteiger partial charge >= 0.3 is 0 Å². The van der Waals surface area contributed by atoms with Crippen molar-refractivity contribution in [2.45, 2.75) is 32.2 Å². The number of hydrogen-bond donors (Lipinski definition) is 1. The summed E-state index contributed by atoms with van der Waals surface area (Å²) in [6.07, 6.45) is 0. The lowest BCUT2D eigenvalue weighted by Gasteiger charge is -2.28. The third-order valence-corrected chi connectivity index (χ3v) is 7.51. The number of anilines is 3. The number of aliphatic hydroxyl groups excluding tert-OH is 1. The molecular formula is C32H35N3O4. The van der Waals surface area contributed by atoms with E-state index in [0.29, 0.717) is 24.4 Å². The van der Waals surface area contributed by atoms with Crippen molar-refractivity contribution < 1.29 is 19.4 Å². The topological polar surface area (TPSA) is 73.3 Å². The van der Waals surface area contributed by atoms with Crippen LogP contribution in [0.25, 0.3) is 5.76 Å². The zero-order valence-corrected chi connectivity index (χ0v) is 23.4. The quantitative estimate of drug-likeness (QED) is 0.275. The Hall–Kier alpha value is -4.26. The summed E-state index contributed by atoms with van der Waals surface area (Å²) in [6.45, 7) is 7.67. The van der Waals surface area contributed by atoms with Gasteiger partial charge in [-0.05, 0) is 59.0 Å². The van der Waals surface area contributed by atoms with Gasteiger partial charge < -0.3 is 19.6 Å². The first kappa shape index (κ1) is 26.4. The number of carbonyl (C=O) groups is 2. The molecule has 2 aliphatic heterocycles. The molecule has 1 fully saturated rings. The lowest BCUT2D eigenvalue weighted by molar-refractivity contribution is -0.132. The van der Waals surface area contributed by atoms with E-state index in [2.05, 4.69) is 20.8 Å². The van der Waals surface area contributed by atoms with Crippen molar-refractivity contribution >= 4 is 34.5 Å². The van der Waals surface area contributed by atoms with Crippen molar-refractivity contribution in [3.8, 4) is 5.75 Å². The molecule has 0 bridgehead atoms. The Balaban J connectivity index is 1.67. The molecule has 2 heterocycles. The summed E-state index contributed by atoms with van der Waals surface area (Å²) in [4.78, 5) is 32.7. The van der Waals surface area contributed by atoms with Crippen LogP contribution in [0.2, 0.25) is 0 Å². The first-order valence-electron chi connectivity index (χ1n) is 13.1. The average molecular weight is 526 g/mol. The zero-order chi connectivity index (χ0) is 28.1. The van der Waals surface area contributed by atoms with Crippen molar-refractivity contribution in [1.82, 2.24) is 0 Å². The van der Waals surface area contributed by atoms with E-state index < -0.39 is 17.7 Å². The fraction of sp³-hybridized carbons (Fsp3) is 0.312. The van der Waals surface area contributed by atoms with E-state index in [1.807, 2.05) is 85.5 Å². The van der Waals surface area contributed by atoms with Crippen LogP contribution in [-0.2, 0) is 15.0 Å². The summed E-state index contributed by atoms with van der Waals surface area (Å²) < 4.78 is 5.75. The van der Waals surface area contributed by atoms with E-state index in [9.17, 15) is 14.7 Å². The van der Waals surface area contributed by atoms with Crippen molar-refractivity contribution in [2.24, 2.45) is 0 Å². The van der Waals surface area contributed by atoms with Gasteiger partial charge in [0.15, 0.2) is 0 Å². The molecule has 0 radical (unpaired) electrons. The summed E-state index contributed by atoms with van der Waals surface area (Å²) in [5.74, 6) is -0.863. The van der Waals surface area contributed by atoms with Crippen LogP contribution in [-0.4, -0.2) is 51.1 Å². The minimum Gasteiger partial charge on any atom is -0.507 e. The third-order valence-electron chi connectivity index (χ3n) is 7.51. The number of ether oxygens (including phenoxy) is 1. The Kier molecular flexibility index (Phi) is 6.62. The monoisotopic (exact) mass is 525 g/mol. The molecular weight excluding hydrogens is 490 g/mol. The molecule has 0 aliphatic carbocycles. The minimum absolute atomic E-state index is 0.0581. The van der Waals surface area contributed by atoms with Crippen molar-refractivity contribution in [2.75, 3.05) is 49.0 Å². The lowest BCUT2D eigenvalue weighted by Crippen LogP contribution is -2.29. The van der Waals surface area contributed by atoms with Crippen LogP contribution >= 0.6 is 0 Å². The van der Waals surface area contributed by atoms with E-state index in [0.717, 1.165) is 28.3 Å². The number of benzene rings is 3. The molecule has 3 aromatic rings. The fourth-order valence-corrected chi connectivity index (χ4v) is 5.14. The maximum Gasteiger partial charge on any atom is 0.300 e. The highest BCUT2D eigenvalue weighted by atomic mass is 16.5.